The molecule has 88 valence electrons. The third-order valence-corrected chi connectivity index (χ3v) is 2.89. The molecule has 1 aromatic heterocycles. The highest BCUT2D eigenvalue weighted by molar-refractivity contribution is 6.35. The van der Waals surface area contributed by atoms with Crippen molar-refractivity contribution in [2.24, 2.45) is 0 Å². The van der Waals surface area contributed by atoms with Crippen LogP contribution < -0.4 is 11.1 Å². The van der Waals surface area contributed by atoms with Crippen LogP contribution in [0.15, 0.2) is 24.5 Å². The lowest BCUT2D eigenvalue weighted by atomic mass is 10.2. The number of nitrogen functional groups attached to an aromatic ring is 1. The summed E-state index contributed by atoms with van der Waals surface area (Å²) in [5.74, 6) is 0.418. The standard InChI is InChI=1S/C11H10Cl2N4/c1-6-2-9(13)10(3-8(6)12)17-11-15-4-7(14)5-16-11/h2-5H,14H2,1H3,(H,15,16,17). The summed E-state index contributed by atoms with van der Waals surface area (Å²) in [4.78, 5) is 8.04. The second-order valence-corrected chi connectivity index (χ2v) is 4.36. The molecule has 3 N–H and O–H groups in total. The second-order valence-electron chi connectivity index (χ2n) is 3.55. The number of aryl methyl sites for hydroxylation is 1. The monoisotopic (exact) mass is 268 g/mol. The van der Waals surface area contributed by atoms with E-state index in [0.717, 1.165) is 5.56 Å². The zero-order valence-corrected chi connectivity index (χ0v) is 10.5. The Bertz CT molecular complexity index is 540. The fourth-order valence-corrected chi connectivity index (χ4v) is 1.69. The van der Waals surface area contributed by atoms with E-state index in [4.69, 9.17) is 28.9 Å². The summed E-state index contributed by atoms with van der Waals surface area (Å²) in [6.07, 6.45) is 3.03. The van der Waals surface area contributed by atoms with Crippen molar-refractivity contribution in [3.63, 3.8) is 0 Å². The number of halogens is 2. The summed E-state index contributed by atoms with van der Waals surface area (Å²) in [6, 6.07) is 3.52. The molecule has 2 aromatic rings. The highest BCUT2D eigenvalue weighted by Crippen LogP contribution is 2.30. The number of hydrogen-bond acceptors (Lipinski definition) is 4. The summed E-state index contributed by atoms with van der Waals surface area (Å²) in [7, 11) is 0. The maximum atomic E-state index is 6.08. The van der Waals surface area contributed by atoms with E-state index in [2.05, 4.69) is 15.3 Å². The van der Waals surface area contributed by atoms with E-state index >= 15 is 0 Å². The maximum absolute atomic E-state index is 6.08. The molecule has 0 fully saturated rings. The van der Waals surface area contributed by atoms with Gasteiger partial charge in [-0.2, -0.15) is 0 Å². The molecule has 0 aliphatic carbocycles. The van der Waals surface area contributed by atoms with E-state index in [1.54, 1.807) is 12.1 Å². The first-order valence-electron chi connectivity index (χ1n) is 4.86. The average Bonchev–Trinajstić information content (AvgIpc) is 2.29. The maximum Gasteiger partial charge on any atom is 0.227 e. The van der Waals surface area contributed by atoms with Gasteiger partial charge >= 0.3 is 0 Å². The van der Waals surface area contributed by atoms with Crippen molar-refractivity contribution < 1.29 is 0 Å². The Morgan fingerprint density at radius 2 is 1.76 bits per heavy atom. The zero-order chi connectivity index (χ0) is 12.4. The minimum Gasteiger partial charge on any atom is -0.396 e. The molecule has 4 nitrogen and oxygen atoms in total. The van der Waals surface area contributed by atoms with E-state index in [1.807, 2.05) is 6.92 Å². The summed E-state index contributed by atoms with van der Waals surface area (Å²) < 4.78 is 0. The van der Waals surface area contributed by atoms with Gasteiger partial charge < -0.3 is 11.1 Å². The quantitative estimate of drug-likeness (QED) is 0.876. The molecule has 0 bridgehead atoms. The molecule has 0 amide bonds. The molecule has 1 heterocycles. The number of nitrogens with one attached hydrogen (secondary N) is 1. The molecule has 0 saturated carbocycles. The van der Waals surface area contributed by atoms with Crippen molar-refractivity contribution >= 4 is 40.5 Å². The van der Waals surface area contributed by atoms with Crippen LogP contribution >= 0.6 is 23.2 Å². The van der Waals surface area contributed by atoms with Crippen molar-refractivity contribution in [1.29, 1.82) is 0 Å². The van der Waals surface area contributed by atoms with E-state index in [9.17, 15) is 0 Å². The molecule has 6 heteroatoms. The van der Waals surface area contributed by atoms with Crippen LogP contribution in [0, 0.1) is 6.92 Å². The number of nitrogens with two attached hydrogens (primary N) is 1. The van der Waals surface area contributed by atoms with Gasteiger partial charge in [-0.3, -0.25) is 0 Å². The molecule has 0 spiro atoms. The molecule has 2 rings (SSSR count). The van der Waals surface area contributed by atoms with Gasteiger partial charge in [0.25, 0.3) is 0 Å². The van der Waals surface area contributed by atoms with Crippen LogP contribution in [0.25, 0.3) is 0 Å². The summed E-state index contributed by atoms with van der Waals surface area (Å²) in [5, 5.41) is 4.17. The minimum atomic E-state index is 0.418. The first-order valence-corrected chi connectivity index (χ1v) is 5.62. The Morgan fingerprint density at radius 1 is 1.12 bits per heavy atom. The summed E-state index contributed by atoms with van der Waals surface area (Å²) in [6.45, 7) is 1.89. The molecule has 0 aliphatic rings. The smallest absolute Gasteiger partial charge is 0.227 e. The van der Waals surface area contributed by atoms with Crippen LogP contribution in [0.5, 0.6) is 0 Å². The van der Waals surface area contributed by atoms with Crippen LogP contribution in [0.2, 0.25) is 10.0 Å². The van der Waals surface area contributed by atoms with Gasteiger partial charge in [-0.15, -0.1) is 0 Å². The molecule has 0 atom stereocenters. The number of aromatic nitrogens is 2. The summed E-state index contributed by atoms with van der Waals surface area (Å²) in [5.41, 5.74) is 7.57. The largest absolute Gasteiger partial charge is 0.396 e. The van der Waals surface area contributed by atoms with Crippen molar-refractivity contribution in [2.45, 2.75) is 6.92 Å². The van der Waals surface area contributed by atoms with E-state index < -0.39 is 0 Å². The second kappa shape index (κ2) is 4.77. The van der Waals surface area contributed by atoms with E-state index in [0.29, 0.717) is 27.4 Å². The van der Waals surface area contributed by atoms with Crippen LogP contribution in [-0.2, 0) is 0 Å². The molecule has 17 heavy (non-hydrogen) atoms. The minimum absolute atomic E-state index is 0.418. The van der Waals surface area contributed by atoms with Gasteiger partial charge in [-0.1, -0.05) is 23.2 Å². The van der Waals surface area contributed by atoms with Crippen molar-refractivity contribution in [1.82, 2.24) is 9.97 Å². The van der Waals surface area contributed by atoms with Crippen molar-refractivity contribution in [3.8, 4) is 0 Å². The van der Waals surface area contributed by atoms with Gasteiger partial charge in [-0.25, -0.2) is 9.97 Å². The predicted octanol–water partition coefficient (Wildman–Crippen LogP) is 3.42. The van der Waals surface area contributed by atoms with Gasteiger partial charge in [-0.05, 0) is 24.6 Å². The lowest BCUT2D eigenvalue weighted by Gasteiger charge is -2.08. The topological polar surface area (TPSA) is 63.8 Å². The van der Waals surface area contributed by atoms with Gasteiger partial charge in [0.2, 0.25) is 5.95 Å². The predicted molar refractivity (Wildman–Crippen MR) is 70.9 cm³/mol. The Morgan fingerprint density at radius 3 is 2.41 bits per heavy atom. The van der Waals surface area contributed by atoms with E-state index in [1.165, 1.54) is 12.4 Å². The van der Waals surface area contributed by atoms with Gasteiger partial charge in [0.05, 0.1) is 28.8 Å². The number of rotatable bonds is 2. The van der Waals surface area contributed by atoms with Gasteiger partial charge in [0.1, 0.15) is 0 Å². The zero-order valence-electron chi connectivity index (χ0n) is 9.04. The third-order valence-electron chi connectivity index (χ3n) is 2.17. The molecule has 0 saturated heterocycles. The number of nitrogens with zero attached hydrogens (tertiary/aromatic N) is 2. The van der Waals surface area contributed by atoms with Crippen LogP contribution in [0.1, 0.15) is 5.56 Å². The van der Waals surface area contributed by atoms with Crippen LogP contribution in [0.3, 0.4) is 0 Å². The van der Waals surface area contributed by atoms with E-state index in [-0.39, 0.29) is 0 Å². The lowest BCUT2D eigenvalue weighted by Crippen LogP contribution is -1.98. The Labute approximate surface area is 109 Å². The highest BCUT2D eigenvalue weighted by Gasteiger charge is 2.06. The number of anilines is 3. The first-order chi connectivity index (χ1) is 8.06. The molecular formula is C11H10Cl2N4. The Balaban J connectivity index is 2.30. The fourth-order valence-electron chi connectivity index (χ4n) is 1.27. The highest BCUT2D eigenvalue weighted by atomic mass is 35.5. The SMILES string of the molecule is Cc1cc(Cl)c(Nc2ncc(N)cn2)cc1Cl. The van der Waals surface area contributed by atoms with Crippen LogP contribution in [-0.4, -0.2) is 9.97 Å². The first kappa shape index (κ1) is 12.0. The Kier molecular flexibility index (Phi) is 3.36. The third kappa shape index (κ3) is 2.78. The molecule has 1 aromatic carbocycles. The van der Waals surface area contributed by atoms with Gasteiger partial charge in [0, 0.05) is 5.02 Å². The number of benzene rings is 1. The lowest BCUT2D eigenvalue weighted by molar-refractivity contribution is 1.17. The van der Waals surface area contributed by atoms with Crippen LogP contribution in [0.4, 0.5) is 17.3 Å². The summed E-state index contributed by atoms with van der Waals surface area (Å²) >= 11 is 12.1. The van der Waals surface area contributed by atoms with Crippen molar-refractivity contribution in [3.05, 3.63) is 40.1 Å². The molecular weight excluding hydrogens is 259 g/mol. The normalized spacial score (nSPS) is 10.3. The average molecular weight is 269 g/mol. The van der Waals surface area contributed by atoms with Gasteiger partial charge in [0.15, 0.2) is 0 Å². The number of hydrogen-bond donors (Lipinski definition) is 2. The molecule has 0 unspecified atom stereocenters. The molecule has 0 aliphatic heterocycles. The Hall–Kier alpha value is -1.52. The fraction of sp³-hybridized carbons (Fsp3) is 0.0909. The molecule has 0 radical (unpaired) electrons. The van der Waals surface area contributed by atoms with Crippen molar-refractivity contribution in [2.75, 3.05) is 11.1 Å².